The second kappa shape index (κ2) is 2.47. The molecule has 0 spiro atoms. The third-order valence-corrected chi connectivity index (χ3v) is 4.42. The lowest BCUT2D eigenvalue weighted by Crippen LogP contribution is -2.48. The molecule has 12 heavy (non-hydrogen) atoms. The van der Waals surface area contributed by atoms with Crippen molar-refractivity contribution < 1.29 is 0 Å². The summed E-state index contributed by atoms with van der Waals surface area (Å²) in [6.07, 6.45) is 7.05. The van der Waals surface area contributed by atoms with Crippen LogP contribution in [0.5, 0.6) is 0 Å². The lowest BCUT2D eigenvalue weighted by molar-refractivity contribution is -0.0342. The maximum Gasteiger partial charge on any atom is -0.00203 e. The van der Waals surface area contributed by atoms with Crippen molar-refractivity contribution in [2.45, 2.75) is 46.0 Å². The molecular weight excluding hydrogens is 146 g/mol. The molecule has 3 fully saturated rings. The van der Waals surface area contributed by atoms with E-state index in [1.807, 2.05) is 0 Å². The summed E-state index contributed by atoms with van der Waals surface area (Å²) >= 11 is 0. The molecule has 3 saturated carbocycles. The van der Waals surface area contributed by atoms with E-state index in [1.54, 1.807) is 0 Å². The maximum absolute atomic E-state index is 5.89. The van der Waals surface area contributed by atoms with Gasteiger partial charge in [0.25, 0.3) is 0 Å². The van der Waals surface area contributed by atoms with Gasteiger partial charge in [-0.2, -0.15) is 0 Å². The molecule has 3 aliphatic rings. The highest BCUT2D eigenvalue weighted by atomic mass is 14.6. The Bertz CT molecular complexity index is 175. The van der Waals surface area contributed by atoms with E-state index in [4.69, 9.17) is 5.73 Å². The molecule has 1 heteroatoms. The molecule has 2 bridgehead atoms. The third kappa shape index (κ3) is 1.10. The standard InChI is InChI=1S/C11H21N/c1-10(2)7-11(8-12)5-3-9(10)4-6-11/h9H,3-8,12H2,1-2H3. The Labute approximate surface area is 75.7 Å². The van der Waals surface area contributed by atoms with E-state index in [9.17, 15) is 0 Å². The molecule has 0 aromatic rings. The predicted octanol–water partition coefficient (Wildman–Crippen LogP) is 2.55. The van der Waals surface area contributed by atoms with Crippen LogP contribution in [0.25, 0.3) is 0 Å². The van der Waals surface area contributed by atoms with Crippen LogP contribution in [-0.4, -0.2) is 6.54 Å². The van der Waals surface area contributed by atoms with Gasteiger partial charge in [-0.25, -0.2) is 0 Å². The fraction of sp³-hybridized carbons (Fsp3) is 1.00. The Morgan fingerprint density at radius 2 is 1.83 bits per heavy atom. The summed E-state index contributed by atoms with van der Waals surface area (Å²) in [5, 5.41) is 0. The summed E-state index contributed by atoms with van der Waals surface area (Å²) in [5.74, 6) is 0.992. The minimum atomic E-state index is 0.540. The Morgan fingerprint density at radius 3 is 2.17 bits per heavy atom. The molecule has 0 amide bonds. The Balaban J connectivity index is 2.20. The van der Waals surface area contributed by atoms with Crippen molar-refractivity contribution in [1.29, 1.82) is 0 Å². The van der Waals surface area contributed by atoms with Crippen molar-refractivity contribution in [2.75, 3.05) is 6.54 Å². The van der Waals surface area contributed by atoms with Crippen molar-refractivity contribution in [2.24, 2.45) is 22.5 Å². The highest BCUT2D eigenvalue weighted by molar-refractivity contribution is 5.00. The van der Waals surface area contributed by atoms with Gasteiger partial charge >= 0.3 is 0 Å². The van der Waals surface area contributed by atoms with Gasteiger partial charge in [0, 0.05) is 0 Å². The summed E-state index contributed by atoms with van der Waals surface area (Å²) < 4.78 is 0. The zero-order valence-electron chi connectivity index (χ0n) is 8.40. The molecule has 0 atom stereocenters. The number of fused-ring (bicyclic) bond motifs is 3. The summed E-state index contributed by atoms with van der Waals surface area (Å²) in [4.78, 5) is 0. The summed E-state index contributed by atoms with van der Waals surface area (Å²) in [5.41, 5.74) is 7.01. The summed E-state index contributed by atoms with van der Waals surface area (Å²) in [6, 6.07) is 0. The van der Waals surface area contributed by atoms with Gasteiger partial charge in [-0.3, -0.25) is 0 Å². The SMILES string of the molecule is CC1(C)CC2(CN)CCC1CC2. The molecule has 0 aromatic carbocycles. The van der Waals surface area contributed by atoms with Crippen molar-refractivity contribution in [1.82, 2.24) is 0 Å². The third-order valence-electron chi connectivity index (χ3n) is 4.42. The van der Waals surface area contributed by atoms with Crippen LogP contribution in [0, 0.1) is 16.7 Å². The Hall–Kier alpha value is -0.0400. The van der Waals surface area contributed by atoms with E-state index < -0.39 is 0 Å². The number of hydrogen-bond donors (Lipinski definition) is 1. The molecule has 3 aliphatic carbocycles. The first kappa shape index (κ1) is 8.55. The highest BCUT2D eigenvalue weighted by Crippen LogP contribution is 2.57. The maximum atomic E-state index is 5.89. The zero-order valence-corrected chi connectivity index (χ0v) is 8.40. The van der Waals surface area contributed by atoms with Crippen molar-refractivity contribution in [3.63, 3.8) is 0 Å². The molecule has 0 aliphatic heterocycles. The van der Waals surface area contributed by atoms with E-state index in [1.165, 1.54) is 32.1 Å². The monoisotopic (exact) mass is 167 g/mol. The fourth-order valence-corrected chi connectivity index (χ4v) is 3.58. The lowest BCUT2D eigenvalue weighted by atomic mass is 9.51. The van der Waals surface area contributed by atoms with E-state index in [-0.39, 0.29) is 0 Å². The molecule has 0 saturated heterocycles. The quantitative estimate of drug-likeness (QED) is 0.638. The first-order chi connectivity index (χ1) is 5.58. The second-order valence-electron chi connectivity index (χ2n) is 5.64. The van der Waals surface area contributed by atoms with Crippen LogP contribution in [0.1, 0.15) is 46.0 Å². The van der Waals surface area contributed by atoms with Gasteiger partial charge in [-0.1, -0.05) is 13.8 Å². The second-order valence-corrected chi connectivity index (χ2v) is 5.64. The Morgan fingerprint density at radius 1 is 1.25 bits per heavy atom. The molecule has 0 radical (unpaired) electrons. The lowest BCUT2D eigenvalue weighted by Gasteiger charge is -2.55. The van der Waals surface area contributed by atoms with Gasteiger partial charge in [-0.05, 0) is 55.4 Å². The van der Waals surface area contributed by atoms with Gasteiger partial charge in [0.15, 0.2) is 0 Å². The average molecular weight is 167 g/mol. The van der Waals surface area contributed by atoms with Gasteiger partial charge in [0.05, 0.1) is 0 Å². The topological polar surface area (TPSA) is 26.0 Å². The van der Waals surface area contributed by atoms with Crippen molar-refractivity contribution in [3.8, 4) is 0 Å². The van der Waals surface area contributed by atoms with Crippen LogP contribution < -0.4 is 5.73 Å². The molecule has 1 nitrogen and oxygen atoms in total. The largest absolute Gasteiger partial charge is 0.330 e. The van der Waals surface area contributed by atoms with Gasteiger partial charge in [0.2, 0.25) is 0 Å². The number of nitrogens with two attached hydrogens (primary N) is 1. The highest BCUT2D eigenvalue weighted by Gasteiger charge is 2.48. The molecular formula is C11H21N. The first-order valence-electron chi connectivity index (χ1n) is 5.28. The molecule has 0 aromatic heterocycles. The molecule has 0 heterocycles. The zero-order chi connectivity index (χ0) is 8.82. The van der Waals surface area contributed by atoms with E-state index in [0.717, 1.165) is 12.5 Å². The molecule has 2 N–H and O–H groups in total. The minimum absolute atomic E-state index is 0.540. The fourth-order valence-electron chi connectivity index (χ4n) is 3.58. The summed E-state index contributed by atoms with van der Waals surface area (Å²) in [7, 11) is 0. The average Bonchev–Trinajstić information content (AvgIpc) is 2.04. The van der Waals surface area contributed by atoms with Crippen LogP contribution in [-0.2, 0) is 0 Å². The van der Waals surface area contributed by atoms with Crippen LogP contribution >= 0.6 is 0 Å². The minimum Gasteiger partial charge on any atom is -0.330 e. The molecule has 3 rings (SSSR count). The number of rotatable bonds is 1. The van der Waals surface area contributed by atoms with Crippen LogP contribution in [0.3, 0.4) is 0 Å². The predicted molar refractivity (Wildman–Crippen MR) is 51.8 cm³/mol. The Kier molecular flexibility index (Phi) is 1.76. The summed E-state index contributed by atoms with van der Waals surface area (Å²) in [6.45, 7) is 5.78. The van der Waals surface area contributed by atoms with Gasteiger partial charge < -0.3 is 5.73 Å². The molecule has 0 unspecified atom stereocenters. The van der Waals surface area contributed by atoms with Crippen LogP contribution in [0.2, 0.25) is 0 Å². The van der Waals surface area contributed by atoms with Gasteiger partial charge in [-0.15, -0.1) is 0 Å². The number of hydrogen-bond acceptors (Lipinski definition) is 1. The van der Waals surface area contributed by atoms with Crippen LogP contribution in [0.15, 0.2) is 0 Å². The van der Waals surface area contributed by atoms with Crippen LogP contribution in [0.4, 0.5) is 0 Å². The van der Waals surface area contributed by atoms with Gasteiger partial charge in [0.1, 0.15) is 0 Å². The van der Waals surface area contributed by atoms with E-state index in [0.29, 0.717) is 10.8 Å². The van der Waals surface area contributed by atoms with Crippen molar-refractivity contribution in [3.05, 3.63) is 0 Å². The smallest absolute Gasteiger partial charge is 0.00203 e. The van der Waals surface area contributed by atoms with E-state index >= 15 is 0 Å². The van der Waals surface area contributed by atoms with E-state index in [2.05, 4.69) is 13.8 Å². The first-order valence-corrected chi connectivity index (χ1v) is 5.28. The normalized spacial score (nSPS) is 44.8. The molecule has 70 valence electrons. The van der Waals surface area contributed by atoms with Crippen molar-refractivity contribution >= 4 is 0 Å².